The molecule has 1 aromatic carbocycles. The fourth-order valence-electron chi connectivity index (χ4n) is 2.42. The number of methoxy groups -OCH3 is 2. The molecule has 0 amide bonds. The monoisotopic (exact) mass is 434 g/mol. The lowest BCUT2D eigenvalue weighted by Gasteiger charge is -2.28. The van der Waals surface area contributed by atoms with E-state index in [0.717, 1.165) is 11.3 Å². The number of aliphatic carboxylic acids is 1. The first-order chi connectivity index (χ1) is 14.0. The first kappa shape index (κ1) is 25.5. The van der Waals surface area contributed by atoms with E-state index in [0.29, 0.717) is 6.54 Å². The number of aliphatic hydroxyl groups is 1. The second-order valence-electron chi connectivity index (χ2n) is 6.44. The van der Waals surface area contributed by atoms with E-state index in [9.17, 15) is 18.3 Å². The minimum absolute atomic E-state index is 0.0544. The van der Waals surface area contributed by atoms with Gasteiger partial charge in [0.05, 0.1) is 31.3 Å². The van der Waals surface area contributed by atoms with E-state index < -0.39 is 17.7 Å². The lowest BCUT2D eigenvalue weighted by Crippen LogP contribution is -2.48. The zero-order valence-electron chi connectivity index (χ0n) is 16.8. The highest BCUT2D eigenvalue weighted by Gasteiger charge is 2.38. The Hall–Kier alpha value is -2.54. The molecule has 1 atom stereocenters. The normalized spacial score (nSPS) is 12.8. The molecule has 2 aromatic rings. The lowest BCUT2D eigenvalue weighted by molar-refractivity contribution is -0.192. The minimum Gasteiger partial charge on any atom is -0.475 e. The Labute approximate surface area is 171 Å². The van der Waals surface area contributed by atoms with Gasteiger partial charge in [0.1, 0.15) is 5.60 Å². The summed E-state index contributed by atoms with van der Waals surface area (Å²) in [5, 5.41) is 28.7. The van der Waals surface area contributed by atoms with E-state index in [1.165, 1.54) is 0 Å². The van der Waals surface area contributed by atoms with Crippen LogP contribution in [0.3, 0.4) is 0 Å². The zero-order chi connectivity index (χ0) is 22.8. The molecule has 1 aromatic heterocycles. The molecule has 12 heteroatoms. The lowest BCUT2D eigenvalue weighted by atomic mass is 10.0. The van der Waals surface area contributed by atoms with Crippen LogP contribution < -0.4 is 5.32 Å². The van der Waals surface area contributed by atoms with E-state index in [4.69, 9.17) is 19.4 Å². The van der Waals surface area contributed by atoms with Gasteiger partial charge in [-0.05, 0) is 24.6 Å². The maximum atomic E-state index is 10.6. The SMILES string of the molecule is COCC(O)(CNC(C)c1cccc(-n2ccnn2)c1)COC.O=C(O)C(F)(F)F. The smallest absolute Gasteiger partial charge is 0.475 e. The van der Waals surface area contributed by atoms with Crippen molar-refractivity contribution < 1.29 is 37.7 Å². The van der Waals surface area contributed by atoms with E-state index >= 15 is 0 Å². The first-order valence-corrected chi connectivity index (χ1v) is 8.73. The number of halogens is 3. The molecule has 0 saturated carbocycles. The van der Waals surface area contributed by atoms with Gasteiger partial charge in [0.15, 0.2) is 0 Å². The van der Waals surface area contributed by atoms with E-state index in [1.54, 1.807) is 31.3 Å². The van der Waals surface area contributed by atoms with Crippen LogP contribution in [0.2, 0.25) is 0 Å². The third-order valence-corrected chi connectivity index (χ3v) is 3.86. The molecule has 0 fully saturated rings. The molecule has 168 valence electrons. The molecule has 0 spiro atoms. The molecule has 0 radical (unpaired) electrons. The van der Waals surface area contributed by atoms with Gasteiger partial charge >= 0.3 is 12.1 Å². The molecule has 1 unspecified atom stereocenters. The van der Waals surface area contributed by atoms with Crippen molar-refractivity contribution in [3.8, 4) is 5.69 Å². The summed E-state index contributed by atoms with van der Waals surface area (Å²) in [7, 11) is 3.12. The molecular weight excluding hydrogens is 409 g/mol. The molecule has 0 aliphatic heterocycles. The van der Waals surface area contributed by atoms with Crippen LogP contribution in [-0.2, 0) is 14.3 Å². The third-order valence-electron chi connectivity index (χ3n) is 3.86. The number of nitrogens with zero attached hydrogens (tertiary/aromatic N) is 3. The van der Waals surface area contributed by atoms with Gasteiger partial charge in [0.25, 0.3) is 0 Å². The largest absolute Gasteiger partial charge is 0.490 e. The van der Waals surface area contributed by atoms with Gasteiger partial charge in [0.2, 0.25) is 0 Å². The predicted octanol–water partition coefficient (Wildman–Crippen LogP) is 1.58. The standard InChI is InChI=1S/C16H24N4O3.C2HF3O2/c1-13(17-10-16(21,11-22-2)12-23-3)14-5-4-6-15(9-14)20-8-7-18-19-20;3-2(4,5)1(6)7/h4-9,13,17,21H,10-12H2,1-3H3;(H,6,7). The number of carboxylic acids is 1. The van der Waals surface area contributed by atoms with Crippen molar-refractivity contribution in [2.45, 2.75) is 24.7 Å². The van der Waals surface area contributed by atoms with Gasteiger partial charge in [-0.1, -0.05) is 17.3 Å². The van der Waals surface area contributed by atoms with Gasteiger partial charge < -0.3 is 25.0 Å². The maximum absolute atomic E-state index is 10.6. The summed E-state index contributed by atoms with van der Waals surface area (Å²) in [4.78, 5) is 8.90. The van der Waals surface area contributed by atoms with Crippen LogP contribution in [0, 0.1) is 0 Å². The second kappa shape index (κ2) is 11.6. The van der Waals surface area contributed by atoms with Gasteiger partial charge in [-0.3, -0.25) is 0 Å². The van der Waals surface area contributed by atoms with Crippen molar-refractivity contribution in [2.24, 2.45) is 0 Å². The number of hydrogen-bond acceptors (Lipinski definition) is 7. The Morgan fingerprint density at radius 3 is 2.33 bits per heavy atom. The highest BCUT2D eigenvalue weighted by atomic mass is 19.4. The van der Waals surface area contributed by atoms with Crippen molar-refractivity contribution in [3.63, 3.8) is 0 Å². The van der Waals surface area contributed by atoms with Crippen molar-refractivity contribution in [3.05, 3.63) is 42.2 Å². The van der Waals surface area contributed by atoms with Crippen LogP contribution in [0.25, 0.3) is 5.69 Å². The summed E-state index contributed by atoms with van der Waals surface area (Å²) >= 11 is 0. The van der Waals surface area contributed by atoms with Crippen LogP contribution in [0.5, 0.6) is 0 Å². The summed E-state index contributed by atoms with van der Waals surface area (Å²) in [6.45, 7) is 2.82. The van der Waals surface area contributed by atoms with E-state index in [1.807, 2.05) is 31.2 Å². The van der Waals surface area contributed by atoms with Crippen LogP contribution in [-0.4, -0.2) is 76.9 Å². The Morgan fingerprint density at radius 2 is 1.87 bits per heavy atom. The number of benzene rings is 1. The molecule has 0 saturated heterocycles. The highest BCUT2D eigenvalue weighted by Crippen LogP contribution is 2.17. The summed E-state index contributed by atoms with van der Waals surface area (Å²) in [5.74, 6) is -2.76. The van der Waals surface area contributed by atoms with Crippen LogP contribution in [0.1, 0.15) is 18.5 Å². The number of nitrogens with one attached hydrogen (secondary N) is 1. The van der Waals surface area contributed by atoms with Gasteiger partial charge in [-0.25, -0.2) is 9.48 Å². The molecule has 0 aliphatic rings. The topological polar surface area (TPSA) is 119 Å². The minimum atomic E-state index is -5.08. The Kier molecular flexibility index (Phi) is 9.85. The van der Waals surface area contributed by atoms with E-state index in [-0.39, 0.29) is 19.3 Å². The predicted molar refractivity (Wildman–Crippen MR) is 100 cm³/mol. The van der Waals surface area contributed by atoms with Crippen LogP contribution in [0.4, 0.5) is 13.2 Å². The number of carboxylic acid groups (broad SMARTS) is 1. The maximum Gasteiger partial charge on any atom is 0.490 e. The fraction of sp³-hybridized carbons (Fsp3) is 0.500. The van der Waals surface area contributed by atoms with Crippen molar-refractivity contribution in [1.29, 1.82) is 0 Å². The Morgan fingerprint density at radius 1 is 1.27 bits per heavy atom. The first-order valence-electron chi connectivity index (χ1n) is 8.73. The van der Waals surface area contributed by atoms with Crippen molar-refractivity contribution >= 4 is 5.97 Å². The average Bonchev–Trinajstić information content (AvgIpc) is 3.21. The third kappa shape index (κ3) is 8.45. The molecule has 30 heavy (non-hydrogen) atoms. The number of carbonyl (C=O) groups is 1. The number of alkyl halides is 3. The average molecular weight is 434 g/mol. The molecular formula is C18H25F3N4O5. The highest BCUT2D eigenvalue weighted by molar-refractivity contribution is 5.73. The summed E-state index contributed by atoms with van der Waals surface area (Å²) in [5.41, 5.74) is 0.981. The Bertz CT molecular complexity index is 765. The molecule has 0 bridgehead atoms. The Balaban J connectivity index is 0.000000553. The molecule has 2 rings (SSSR count). The molecule has 9 nitrogen and oxygen atoms in total. The quantitative estimate of drug-likeness (QED) is 0.544. The van der Waals surface area contributed by atoms with Gasteiger partial charge in [-0.15, -0.1) is 5.10 Å². The number of hydrogen-bond donors (Lipinski definition) is 3. The molecule has 0 aliphatic carbocycles. The number of rotatable bonds is 9. The van der Waals surface area contributed by atoms with E-state index in [2.05, 4.69) is 15.6 Å². The van der Waals surface area contributed by atoms with Crippen LogP contribution >= 0.6 is 0 Å². The van der Waals surface area contributed by atoms with Crippen molar-refractivity contribution in [1.82, 2.24) is 20.3 Å². The van der Waals surface area contributed by atoms with Gasteiger partial charge in [-0.2, -0.15) is 13.2 Å². The van der Waals surface area contributed by atoms with Crippen molar-refractivity contribution in [2.75, 3.05) is 34.0 Å². The summed E-state index contributed by atoms with van der Waals surface area (Å²) in [6.07, 6.45) is -1.64. The zero-order valence-corrected chi connectivity index (χ0v) is 16.8. The number of aromatic nitrogens is 3. The fourth-order valence-corrected chi connectivity index (χ4v) is 2.42. The second-order valence-corrected chi connectivity index (χ2v) is 6.44. The van der Waals surface area contributed by atoms with Gasteiger partial charge in [0, 0.05) is 26.8 Å². The van der Waals surface area contributed by atoms with Crippen LogP contribution in [0.15, 0.2) is 36.7 Å². The number of ether oxygens (including phenoxy) is 2. The molecule has 1 heterocycles. The summed E-state index contributed by atoms with van der Waals surface area (Å²) in [6, 6.07) is 8.07. The molecule has 3 N–H and O–H groups in total. The summed E-state index contributed by atoms with van der Waals surface area (Å²) < 4.78 is 43.6.